The topological polar surface area (TPSA) is 48.6 Å². The van der Waals surface area contributed by atoms with Crippen molar-refractivity contribution in [2.75, 3.05) is 0 Å². The van der Waals surface area contributed by atoms with Crippen LogP contribution in [0.1, 0.15) is 44.1 Å². The SMILES string of the molecule is Cn1cc(CN2[C@@H]3C[C@H](O)CC[C@@H]3C[C@H]2C2(O)CC2)c2ccccc21. The van der Waals surface area contributed by atoms with E-state index in [-0.39, 0.29) is 12.1 Å². The fourth-order valence-electron chi connectivity index (χ4n) is 5.49. The molecule has 1 aromatic carbocycles. The predicted octanol–water partition coefficient (Wildman–Crippen LogP) is 2.81. The quantitative estimate of drug-likeness (QED) is 0.903. The van der Waals surface area contributed by atoms with Gasteiger partial charge in [0.05, 0.1) is 11.7 Å². The van der Waals surface area contributed by atoms with E-state index in [1.807, 2.05) is 0 Å². The number of hydrogen-bond donors (Lipinski definition) is 2. The van der Waals surface area contributed by atoms with Crippen molar-refractivity contribution in [1.82, 2.24) is 9.47 Å². The summed E-state index contributed by atoms with van der Waals surface area (Å²) in [5, 5.41) is 22.4. The Morgan fingerprint density at radius 2 is 1.96 bits per heavy atom. The zero-order chi connectivity index (χ0) is 17.2. The minimum atomic E-state index is -0.479. The lowest BCUT2D eigenvalue weighted by molar-refractivity contribution is 0.0113. The van der Waals surface area contributed by atoms with Crippen LogP contribution in [0.15, 0.2) is 30.5 Å². The molecule has 1 aromatic heterocycles. The van der Waals surface area contributed by atoms with Crippen molar-refractivity contribution in [3.63, 3.8) is 0 Å². The summed E-state index contributed by atoms with van der Waals surface area (Å²) in [6.07, 6.45) is 7.92. The van der Waals surface area contributed by atoms with E-state index >= 15 is 0 Å². The van der Waals surface area contributed by atoms with E-state index < -0.39 is 5.60 Å². The summed E-state index contributed by atoms with van der Waals surface area (Å²) in [6.45, 7) is 0.877. The first-order chi connectivity index (χ1) is 12.0. The van der Waals surface area contributed by atoms with E-state index in [0.29, 0.717) is 12.0 Å². The molecule has 0 bridgehead atoms. The van der Waals surface area contributed by atoms with Gasteiger partial charge in [-0.1, -0.05) is 18.2 Å². The van der Waals surface area contributed by atoms with Crippen LogP contribution in [0.2, 0.25) is 0 Å². The van der Waals surface area contributed by atoms with Crippen LogP contribution < -0.4 is 0 Å². The van der Waals surface area contributed by atoms with Gasteiger partial charge in [0.25, 0.3) is 0 Å². The Morgan fingerprint density at radius 3 is 2.76 bits per heavy atom. The lowest BCUT2D eigenvalue weighted by atomic mass is 9.83. The molecule has 3 fully saturated rings. The predicted molar refractivity (Wildman–Crippen MR) is 98.2 cm³/mol. The van der Waals surface area contributed by atoms with Gasteiger partial charge in [0.2, 0.25) is 0 Å². The minimum absolute atomic E-state index is 0.177. The molecule has 2 aromatic rings. The number of nitrogens with zero attached hydrogens (tertiary/aromatic N) is 2. The summed E-state index contributed by atoms with van der Waals surface area (Å²) < 4.78 is 2.20. The lowest BCUT2D eigenvalue weighted by Crippen LogP contribution is -2.46. The first-order valence-electron chi connectivity index (χ1n) is 9.74. The highest BCUT2D eigenvalue weighted by Gasteiger charge is 2.56. The number of aryl methyl sites for hydroxylation is 1. The summed E-state index contributed by atoms with van der Waals surface area (Å²) in [4.78, 5) is 2.54. The normalized spacial score (nSPS) is 34.4. The number of para-hydroxylation sites is 1. The molecule has 0 amide bonds. The van der Waals surface area contributed by atoms with Crippen LogP contribution in [0.25, 0.3) is 10.9 Å². The molecule has 2 aliphatic carbocycles. The van der Waals surface area contributed by atoms with E-state index in [2.05, 4.69) is 47.0 Å². The van der Waals surface area contributed by atoms with E-state index in [0.717, 1.165) is 45.1 Å². The van der Waals surface area contributed by atoms with Crippen molar-refractivity contribution in [3.8, 4) is 0 Å². The molecule has 0 unspecified atom stereocenters. The van der Waals surface area contributed by atoms with Crippen LogP contribution in [-0.4, -0.2) is 43.5 Å². The van der Waals surface area contributed by atoms with Crippen molar-refractivity contribution in [3.05, 3.63) is 36.0 Å². The smallest absolute Gasteiger partial charge is 0.0804 e. The zero-order valence-electron chi connectivity index (χ0n) is 14.9. The van der Waals surface area contributed by atoms with Crippen molar-refractivity contribution in [1.29, 1.82) is 0 Å². The highest BCUT2D eigenvalue weighted by atomic mass is 16.3. The number of hydrogen-bond acceptors (Lipinski definition) is 3. The first-order valence-corrected chi connectivity index (χ1v) is 9.74. The van der Waals surface area contributed by atoms with Gasteiger partial charge in [0.15, 0.2) is 0 Å². The maximum atomic E-state index is 10.9. The van der Waals surface area contributed by atoms with Gasteiger partial charge in [-0.15, -0.1) is 0 Å². The zero-order valence-corrected chi connectivity index (χ0v) is 14.9. The number of likely N-dealkylation sites (tertiary alicyclic amines) is 1. The fraction of sp³-hybridized carbons (Fsp3) is 0.619. The Balaban J connectivity index is 1.50. The molecule has 0 spiro atoms. The lowest BCUT2D eigenvalue weighted by Gasteiger charge is -2.37. The van der Waals surface area contributed by atoms with Crippen LogP contribution in [-0.2, 0) is 13.6 Å². The molecule has 5 rings (SSSR count). The molecule has 0 radical (unpaired) electrons. The Morgan fingerprint density at radius 1 is 1.16 bits per heavy atom. The Labute approximate surface area is 149 Å². The number of aliphatic hydroxyl groups is 2. The van der Waals surface area contributed by atoms with Gasteiger partial charge in [0.1, 0.15) is 0 Å². The van der Waals surface area contributed by atoms with Gasteiger partial charge in [-0.3, -0.25) is 4.90 Å². The van der Waals surface area contributed by atoms with E-state index in [1.54, 1.807) is 0 Å². The molecular formula is C21H28N2O2. The summed E-state index contributed by atoms with van der Waals surface area (Å²) in [6, 6.07) is 9.24. The molecule has 4 heteroatoms. The highest BCUT2D eigenvalue weighted by Crippen LogP contribution is 2.51. The van der Waals surface area contributed by atoms with Crippen LogP contribution >= 0.6 is 0 Å². The summed E-state index contributed by atoms with van der Waals surface area (Å²) in [5.41, 5.74) is 2.12. The Bertz CT molecular complexity index is 794. The Kier molecular flexibility index (Phi) is 3.53. The molecular weight excluding hydrogens is 312 g/mol. The van der Waals surface area contributed by atoms with Crippen LogP contribution in [0.5, 0.6) is 0 Å². The number of aliphatic hydroxyl groups excluding tert-OH is 1. The first kappa shape index (κ1) is 15.9. The maximum absolute atomic E-state index is 10.9. The van der Waals surface area contributed by atoms with E-state index in [1.165, 1.54) is 16.5 Å². The third-order valence-electron chi connectivity index (χ3n) is 7.00. The summed E-state index contributed by atoms with van der Waals surface area (Å²) in [5.74, 6) is 0.632. The molecule has 3 aliphatic rings. The number of benzene rings is 1. The van der Waals surface area contributed by atoms with Crippen LogP contribution in [0, 0.1) is 5.92 Å². The molecule has 2 heterocycles. The molecule has 2 N–H and O–H groups in total. The van der Waals surface area contributed by atoms with Crippen molar-refractivity contribution in [2.24, 2.45) is 13.0 Å². The van der Waals surface area contributed by atoms with Crippen LogP contribution in [0.4, 0.5) is 0 Å². The summed E-state index contributed by atoms with van der Waals surface area (Å²) >= 11 is 0. The standard InChI is InChI=1S/C21H28N2O2/c1-22-12-15(17-4-2-3-5-18(17)22)13-23-19-11-16(24)7-6-14(19)10-20(23)21(25)8-9-21/h2-5,12,14,16,19-20,24-25H,6-11,13H2,1H3/t14-,16-,19-,20+/m1/s1. The van der Waals surface area contributed by atoms with Crippen molar-refractivity contribution < 1.29 is 10.2 Å². The fourth-order valence-corrected chi connectivity index (χ4v) is 5.49. The van der Waals surface area contributed by atoms with Gasteiger partial charge in [-0.05, 0) is 56.1 Å². The molecule has 4 atom stereocenters. The van der Waals surface area contributed by atoms with Gasteiger partial charge < -0.3 is 14.8 Å². The highest BCUT2D eigenvalue weighted by molar-refractivity contribution is 5.83. The van der Waals surface area contributed by atoms with Crippen molar-refractivity contribution in [2.45, 2.75) is 68.9 Å². The summed E-state index contributed by atoms with van der Waals surface area (Å²) in [7, 11) is 2.11. The minimum Gasteiger partial charge on any atom is -0.393 e. The van der Waals surface area contributed by atoms with Gasteiger partial charge in [-0.25, -0.2) is 0 Å². The number of rotatable bonds is 3. The number of fused-ring (bicyclic) bond motifs is 2. The Hall–Kier alpha value is -1.36. The third-order valence-corrected chi connectivity index (χ3v) is 7.00. The number of aromatic nitrogens is 1. The monoisotopic (exact) mass is 340 g/mol. The van der Waals surface area contributed by atoms with Crippen molar-refractivity contribution >= 4 is 10.9 Å². The molecule has 1 saturated heterocycles. The molecule has 1 aliphatic heterocycles. The van der Waals surface area contributed by atoms with E-state index in [9.17, 15) is 10.2 Å². The average Bonchev–Trinajstić information content (AvgIpc) is 3.14. The average molecular weight is 340 g/mol. The van der Waals surface area contributed by atoms with Gasteiger partial charge >= 0.3 is 0 Å². The molecule has 25 heavy (non-hydrogen) atoms. The maximum Gasteiger partial charge on any atom is 0.0804 e. The molecule has 2 saturated carbocycles. The molecule has 134 valence electrons. The van der Waals surface area contributed by atoms with Gasteiger partial charge in [0, 0.05) is 42.8 Å². The van der Waals surface area contributed by atoms with E-state index in [4.69, 9.17) is 0 Å². The molecule has 4 nitrogen and oxygen atoms in total. The largest absolute Gasteiger partial charge is 0.393 e. The van der Waals surface area contributed by atoms with Gasteiger partial charge in [-0.2, -0.15) is 0 Å². The van der Waals surface area contributed by atoms with Crippen LogP contribution in [0.3, 0.4) is 0 Å². The second-order valence-electron chi connectivity index (χ2n) is 8.60. The third kappa shape index (κ3) is 2.54. The second-order valence-corrected chi connectivity index (χ2v) is 8.60. The second kappa shape index (κ2) is 5.57.